The highest BCUT2D eigenvalue weighted by Crippen LogP contribution is 2.32. The molecule has 1 aromatic rings. The van der Waals surface area contributed by atoms with Gasteiger partial charge in [-0.2, -0.15) is 0 Å². The van der Waals surface area contributed by atoms with Crippen LogP contribution in [0.25, 0.3) is 0 Å². The Morgan fingerprint density at radius 1 is 1.35 bits per heavy atom. The molecule has 1 fully saturated rings. The van der Waals surface area contributed by atoms with Crippen LogP contribution >= 0.6 is 11.6 Å². The van der Waals surface area contributed by atoms with E-state index in [9.17, 15) is 4.79 Å². The molecule has 17 heavy (non-hydrogen) atoms. The van der Waals surface area contributed by atoms with Crippen LogP contribution in [0.2, 0.25) is 5.02 Å². The molecule has 0 aliphatic carbocycles. The summed E-state index contributed by atoms with van der Waals surface area (Å²) in [6.45, 7) is 0.831. The predicted octanol–water partition coefficient (Wildman–Crippen LogP) is 2.48. The highest BCUT2D eigenvalue weighted by atomic mass is 35.5. The molecule has 0 radical (unpaired) electrons. The van der Waals surface area contributed by atoms with Gasteiger partial charge in [0.15, 0.2) is 0 Å². The van der Waals surface area contributed by atoms with Gasteiger partial charge in [-0.15, -0.1) is 0 Å². The molecule has 1 heterocycles. The maximum Gasteiger partial charge on any atom is 0.330 e. The first-order valence-electron chi connectivity index (χ1n) is 5.78. The average Bonchev–Trinajstić information content (AvgIpc) is 2.39. The van der Waals surface area contributed by atoms with Crippen LogP contribution in [0.5, 0.6) is 0 Å². The molecule has 4 heteroatoms. The van der Waals surface area contributed by atoms with Gasteiger partial charge in [-0.3, -0.25) is 5.32 Å². The van der Waals surface area contributed by atoms with Gasteiger partial charge in [0, 0.05) is 5.02 Å². The molecule has 0 amide bonds. The number of rotatable bonds is 2. The molecule has 0 saturated carbocycles. The number of ether oxygens (including phenoxy) is 1. The monoisotopic (exact) mass is 253 g/mol. The van der Waals surface area contributed by atoms with Crippen molar-refractivity contribution in [3.05, 3.63) is 34.9 Å². The predicted molar refractivity (Wildman–Crippen MR) is 67.0 cm³/mol. The van der Waals surface area contributed by atoms with Crippen LogP contribution in [-0.2, 0) is 15.1 Å². The van der Waals surface area contributed by atoms with Gasteiger partial charge in [-0.05, 0) is 43.5 Å². The standard InChI is InChI=1S/C13H16ClNO2/c1-17-12(16)13(8-2-3-9-15-13)10-4-6-11(14)7-5-10/h4-7,15H,2-3,8-9H2,1H3. The number of methoxy groups -OCH3 is 1. The molecule has 0 aromatic heterocycles. The summed E-state index contributed by atoms with van der Waals surface area (Å²) in [6.07, 6.45) is 2.87. The summed E-state index contributed by atoms with van der Waals surface area (Å²) >= 11 is 5.87. The molecule has 1 saturated heterocycles. The van der Waals surface area contributed by atoms with E-state index in [0.717, 1.165) is 31.4 Å². The minimum atomic E-state index is -0.697. The first-order chi connectivity index (χ1) is 8.19. The van der Waals surface area contributed by atoms with E-state index in [1.807, 2.05) is 12.1 Å². The zero-order valence-corrected chi connectivity index (χ0v) is 10.6. The smallest absolute Gasteiger partial charge is 0.330 e. The third-order valence-electron chi connectivity index (χ3n) is 3.28. The van der Waals surface area contributed by atoms with E-state index >= 15 is 0 Å². The number of hydrogen-bond acceptors (Lipinski definition) is 3. The van der Waals surface area contributed by atoms with E-state index in [1.165, 1.54) is 7.11 Å². The summed E-state index contributed by atoms with van der Waals surface area (Å²) < 4.78 is 4.94. The Morgan fingerprint density at radius 3 is 2.59 bits per heavy atom. The topological polar surface area (TPSA) is 38.3 Å². The van der Waals surface area contributed by atoms with Crippen molar-refractivity contribution >= 4 is 17.6 Å². The molecule has 1 aromatic carbocycles. The zero-order valence-electron chi connectivity index (χ0n) is 9.83. The first-order valence-corrected chi connectivity index (χ1v) is 6.16. The largest absolute Gasteiger partial charge is 0.467 e. The molecule has 92 valence electrons. The van der Waals surface area contributed by atoms with Crippen molar-refractivity contribution in [2.24, 2.45) is 0 Å². The lowest BCUT2D eigenvalue weighted by molar-refractivity contribution is -0.150. The van der Waals surface area contributed by atoms with Crippen molar-refractivity contribution in [3.8, 4) is 0 Å². The molecule has 3 nitrogen and oxygen atoms in total. The van der Waals surface area contributed by atoms with Crippen LogP contribution in [0.1, 0.15) is 24.8 Å². The van der Waals surface area contributed by atoms with Gasteiger partial charge in [0.25, 0.3) is 0 Å². The quantitative estimate of drug-likeness (QED) is 0.823. The van der Waals surface area contributed by atoms with Gasteiger partial charge in [0.1, 0.15) is 5.54 Å². The summed E-state index contributed by atoms with van der Waals surface area (Å²) in [6, 6.07) is 7.38. The van der Waals surface area contributed by atoms with E-state index in [1.54, 1.807) is 12.1 Å². The maximum absolute atomic E-state index is 12.1. The average molecular weight is 254 g/mol. The Balaban J connectivity index is 2.38. The van der Waals surface area contributed by atoms with Crippen LogP contribution < -0.4 is 5.32 Å². The Morgan fingerprint density at radius 2 is 2.06 bits per heavy atom. The third-order valence-corrected chi connectivity index (χ3v) is 3.53. The molecule has 1 unspecified atom stereocenters. The van der Waals surface area contributed by atoms with Crippen molar-refractivity contribution in [3.63, 3.8) is 0 Å². The van der Waals surface area contributed by atoms with Crippen LogP contribution in [-0.4, -0.2) is 19.6 Å². The third kappa shape index (κ3) is 2.31. The minimum Gasteiger partial charge on any atom is -0.467 e. The molecular weight excluding hydrogens is 238 g/mol. The normalized spacial score (nSPS) is 24.4. The van der Waals surface area contributed by atoms with Crippen LogP contribution in [0, 0.1) is 0 Å². The summed E-state index contributed by atoms with van der Waals surface area (Å²) in [5.74, 6) is -0.223. The molecule has 2 rings (SSSR count). The summed E-state index contributed by atoms with van der Waals surface area (Å²) in [4.78, 5) is 12.1. The van der Waals surface area contributed by atoms with Gasteiger partial charge < -0.3 is 4.74 Å². The van der Waals surface area contributed by atoms with Crippen molar-refractivity contribution in [2.75, 3.05) is 13.7 Å². The SMILES string of the molecule is COC(=O)C1(c2ccc(Cl)cc2)CCCCN1. The fourth-order valence-electron chi connectivity index (χ4n) is 2.35. The molecular formula is C13H16ClNO2. The van der Waals surface area contributed by atoms with Crippen LogP contribution in [0.4, 0.5) is 0 Å². The Bertz CT molecular complexity index is 396. The second-order valence-electron chi connectivity index (χ2n) is 4.29. The maximum atomic E-state index is 12.1. The van der Waals surface area contributed by atoms with E-state index in [2.05, 4.69) is 5.32 Å². The van der Waals surface area contributed by atoms with Crippen LogP contribution in [0.3, 0.4) is 0 Å². The van der Waals surface area contributed by atoms with Crippen LogP contribution in [0.15, 0.2) is 24.3 Å². The van der Waals surface area contributed by atoms with Crippen molar-refractivity contribution in [1.29, 1.82) is 0 Å². The lowest BCUT2D eigenvalue weighted by Crippen LogP contribution is -2.52. The van der Waals surface area contributed by atoms with E-state index in [-0.39, 0.29) is 5.97 Å². The number of hydrogen-bond donors (Lipinski definition) is 1. The number of halogens is 1. The highest BCUT2D eigenvalue weighted by molar-refractivity contribution is 6.30. The molecule has 1 aliphatic heterocycles. The van der Waals surface area contributed by atoms with Gasteiger partial charge in [0.2, 0.25) is 0 Å². The summed E-state index contributed by atoms with van der Waals surface area (Å²) in [5.41, 5.74) is 0.228. The molecule has 1 atom stereocenters. The fraction of sp³-hybridized carbons (Fsp3) is 0.462. The van der Waals surface area contributed by atoms with Crippen molar-refractivity contribution < 1.29 is 9.53 Å². The van der Waals surface area contributed by atoms with E-state index < -0.39 is 5.54 Å². The van der Waals surface area contributed by atoms with Crippen molar-refractivity contribution in [1.82, 2.24) is 5.32 Å². The van der Waals surface area contributed by atoms with Gasteiger partial charge in [-0.1, -0.05) is 23.7 Å². The second-order valence-corrected chi connectivity index (χ2v) is 4.72. The Kier molecular flexibility index (Phi) is 3.69. The Labute approximate surface area is 106 Å². The number of carbonyl (C=O) groups excluding carboxylic acids is 1. The number of nitrogens with one attached hydrogen (secondary N) is 1. The van der Waals surface area contributed by atoms with Crippen molar-refractivity contribution in [2.45, 2.75) is 24.8 Å². The number of benzene rings is 1. The lowest BCUT2D eigenvalue weighted by atomic mass is 9.82. The number of carbonyl (C=O) groups is 1. The van der Waals surface area contributed by atoms with Gasteiger partial charge in [-0.25, -0.2) is 4.79 Å². The van der Waals surface area contributed by atoms with Gasteiger partial charge >= 0.3 is 5.97 Å². The molecule has 0 bridgehead atoms. The molecule has 1 N–H and O–H groups in total. The lowest BCUT2D eigenvalue weighted by Gasteiger charge is -2.36. The first kappa shape index (κ1) is 12.4. The highest BCUT2D eigenvalue weighted by Gasteiger charge is 2.42. The molecule has 0 spiro atoms. The van der Waals surface area contributed by atoms with E-state index in [4.69, 9.17) is 16.3 Å². The number of piperidine rings is 1. The zero-order chi connectivity index (χ0) is 12.3. The number of esters is 1. The summed E-state index contributed by atoms with van der Waals surface area (Å²) in [5, 5.41) is 3.97. The van der Waals surface area contributed by atoms with Gasteiger partial charge in [0.05, 0.1) is 7.11 Å². The van der Waals surface area contributed by atoms with E-state index in [0.29, 0.717) is 5.02 Å². The minimum absolute atomic E-state index is 0.223. The second kappa shape index (κ2) is 5.07. The fourth-order valence-corrected chi connectivity index (χ4v) is 2.48. The molecule has 1 aliphatic rings. The summed E-state index contributed by atoms with van der Waals surface area (Å²) in [7, 11) is 1.43. The Hall–Kier alpha value is -1.06.